The number of oxazole rings is 1. The standard InChI is InChI=1S/C10H17N3O/c1-13(5-4-12-9-2-3-9)7-10-6-11-8-14-10/h6,8-9,12H,2-5,7H2,1H3. The predicted octanol–water partition coefficient (Wildman–Crippen LogP) is 0.858. The molecule has 0 aliphatic heterocycles. The van der Waals surface area contributed by atoms with E-state index in [2.05, 4.69) is 22.2 Å². The third-order valence-corrected chi connectivity index (χ3v) is 2.41. The Hall–Kier alpha value is -0.870. The van der Waals surface area contributed by atoms with Gasteiger partial charge in [0.25, 0.3) is 0 Å². The van der Waals surface area contributed by atoms with Crippen molar-refractivity contribution in [3.05, 3.63) is 18.4 Å². The summed E-state index contributed by atoms with van der Waals surface area (Å²) in [5.41, 5.74) is 0. The lowest BCUT2D eigenvalue weighted by molar-refractivity contribution is 0.293. The molecule has 1 heterocycles. The van der Waals surface area contributed by atoms with Crippen LogP contribution in [0.2, 0.25) is 0 Å². The Kier molecular flexibility index (Phi) is 3.16. The molecule has 1 aromatic heterocycles. The smallest absolute Gasteiger partial charge is 0.180 e. The van der Waals surface area contributed by atoms with Gasteiger partial charge in [-0.15, -0.1) is 0 Å². The molecule has 4 nitrogen and oxygen atoms in total. The first kappa shape index (κ1) is 9.68. The Morgan fingerprint density at radius 3 is 3.14 bits per heavy atom. The monoisotopic (exact) mass is 195 g/mol. The maximum Gasteiger partial charge on any atom is 0.180 e. The molecule has 2 rings (SSSR count). The summed E-state index contributed by atoms with van der Waals surface area (Å²) in [6.45, 7) is 2.96. The molecule has 1 N–H and O–H groups in total. The van der Waals surface area contributed by atoms with Crippen LogP contribution in [0.25, 0.3) is 0 Å². The van der Waals surface area contributed by atoms with Crippen LogP contribution in [-0.2, 0) is 6.54 Å². The van der Waals surface area contributed by atoms with Gasteiger partial charge < -0.3 is 9.73 Å². The van der Waals surface area contributed by atoms with E-state index in [1.165, 1.54) is 19.2 Å². The van der Waals surface area contributed by atoms with Crippen molar-refractivity contribution in [1.82, 2.24) is 15.2 Å². The highest BCUT2D eigenvalue weighted by atomic mass is 16.3. The summed E-state index contributed by atoms with van der Waals surface area (Å²) in [7, 11) is 2.09. The average Bonchev–Trinajstić information content (AvgIpc) is 2.83. The van der Waals surface area contributed by atoms with Crippen molar-refractivity contribution in [2.75, 3.05) is 20.1 Å². The highest BCUT2D eigenvalue weighted by molar-refractivity contribution is 4.87. The number of hydrogen-bond acceptors (Lipinski definition) is 4. The van der Waals surface area contributed by atoms with Crippen molar-refractivity contribution in [2.24, 2.45) is 0 Å². The van der Waals surface area contributed by atoms with E-state index in [1.54, 1.807) is 6.20 Å². The first-order chi connectivity index (χ1) is 6.84. The molecule has 78 valence electrons. The molecular weight excluding hydrogens is 178 g/mol. The molecule has 0 amide bonds. The molecule has 1 aliphatic carbocycles. The molecule has 4 heteroatoms. The lowest BCUT2D eigenvalue weighted by Crippen LogP contribution is -2.29. The molecule has 0 atom stereocenters. The van der Waals surface area contributed by atoms with Gasteiger partial charge in [-0.3, -0.25) is 4.90 Å². The van der Waals surface area contributed by atoms with E-state index in [0.29, 0.717) is 0 Å². The average molecular weight is 195 g/mol. The second-order valence-electron chi connectivity index (χ2n) is 3.93. The largest absolute Gasteiger partial charge is 0.447 e. The second kappa shape index (κ2) is 4.57. The van der Waals surface area contributed by atoms with Crippen LogP contribution < -0.4 is 5.32 Å². The Labute approximate surface area is 84.3 Å². The van der Waals surface area contributed by atoms with Gasteiger partial charge in [0.1, 0.15) is 5.76 Å². The number of aromatic nitrogens is 1. The first-order valence-electron chi connectivity index (χ1n) is 5.14. The normalized spacial score (nSPS) is 16.4. The van der Waals surface area contributed by atoms with Crippen LogP contribution in [0, 0.1) is 0 Å². The van der Waals surface area contributed by atoms with Crippen molar-refractivity contribution in [3.63, 3.8) is 0 Å². The fraction of sp³-hybridized carbons (Fsp3) is 0.700. The first-order valence-corrected chi connectivity index (χ1v) is 5.14. The number of nitrogens with one attached hydrogen (secondary N) is 1. The molecule has 14 heavy (non-hydrogen) atoms. The van der Waals surface area contributed by atoms with Crippen molar-refractivity contribution >= 4 is 0 Å². The topological polar surface area (TPSA) is 41.3 Å². The third-order valence-electron chi connectivity index (χ3n) is 2.41. The molecule has 0 aromatic carbocycles. The fourth-order valence-corrected chi connectivity index (χ4v) is 1.41. The number of rotatable bonds is 6. The summed E-state index contributed by atoms with van der Waals surface area (Å²) in [5.74, 6) is 0.930. The van der Waals surface area contributed by atoms with Gasteiger partial charge in [-0.2, -0.15) is 0 Å². The zero-order valence-corrected chi connectivity index (χ0v) is 8.57. The van der Waals surface area contributed by atoms with Crippen LogP contribution in [0.1, 0.15) is 18.6 Å². The van der Waals surface area contributed by atoms with E-state index in [-0.39, 0.29) is 0 Å². The molecule has 1 fully saturated rings. The Morgan fingerprint density at radius 1 is 1.64 bits per heavy atom. The minimum Gasteiger partial charge on any atom is -0.447 e. The lowest BCUT2D eigenvalue weighted by Gasteiger charge is -2.14. The van der Waals surface area contributed by atoms with Gasteiger partial charge in [-0.1, -0.05) is 0 Å². The van der Waals surface area contributed by atoms with Gasteiger partial charge in [0.2, 0.25) is 0 Å². The van der Waals surface area contributed by atoms with Crippen LogP contribution in [0.4, 0.5) is 0 Å². The predicted molar refractivity (Wildman–Crippen MR) is 53.9 cm³/mol. The van der Waals surface area contributed by atoms with E-state index in [9.17, 15) is 0 Å². The maximum atomic E-state index is 5.17. The van der Waals surface area contributed by atoms with Crippen molar-refractivity contribution in [1.29, 1.82) is 0 Å². The molecule has 1 aliphatic rings. The van der Waals surface area contributed by atoms with E-state index in [1.807, 2.05) is 0 Å². The SMILES string of the molecule is CN(CCNC1CC1)Cc1cnco1. The number of hydrogen-bond donors (Lipinski definition) is 1. The van der Waals surface area contributed by atoms with E-state index >= 15 is 0 Å². The molecular formula is C10H17N3O. The van der Waals surface area contributed by atoms with E-state index in [4.69, 9.17) is 4.42 Å². The summed E-state index contributed by atoms with van der Waals surface area (Å²) < 4.78 is 5.17. The number of likely N-dealkylation sites (N-methyl/N-ethyl adjacent to an activating group) is 1. The molecule has 1 saturated carbocycles. The lowest BCUT2D eigenvalue weighted by atomic mass is 10.4. The minimum absolute atomic E-state index is 0.800. The zero-order chi connectivity index (χ0) is 9.80. The Bertz CT molecular complexity index is 256. The zero-order valence-electron chi connectivity index (χ0n) is 8.57. The minimum atomic E-state index is 0.800. The molecule has 1 aromatic rings. The molecule has 0 bridgehead atoms. The Morgan fingerprint density at radius 2 is 2.50 bits per heavy atom. The molecule has 0 saturated heterocycles. The number of nitrogens with zero attached hydrogens (tertiary/aromatic N) is 2. The van der Waals surface area contributed by atoms with Crippen molar-refractivity contribution < 1.29 is 4.42 Å². The maximum absolute atomic E-state index is 5.17. The van der Waals surface area contributed by atoms with Gasteiger partial charge >= 0.3 is 0 Å². The molecule has 0 unspecified atom stereocenters. The highest BCUT2D eigenvalue weighted by Crippen LogP contribution is 2.17. The Balaban J connectivity index is 1.60. The molecule has 0 radical (unpaired) electrons. The molecule has 0 spiro atoms. The van der Waals surface area contributed by atoms with Gasteiger partial charge in [0.05, 0.1) is 12.7 Å². The van der Waals surface area contributed by atoms with Gasteiger partial charge in [0.15, 0.2) is 6.39 Å². The van der Waals surface area contributed by atoms with Crippen LogP contribution in [0.3, 0.4) is 0 Å². The third kappa shape index (κ3) is 3.12. The fourth-order valence-electron chi connectivity index (χ4n) is 1.41. The van der Waals surface area contributed by atoms with Crippen LogP contribution >= 0.6 is 0 Å². The van der Waals surface area contributed by atoms with E-state index in [0.717, 1.165) is 31.4 Å². The summed E-state index contributed by atoms with van der Waals surface area (Å²) in [5, 5.41) is 3.48. The van der Waals surface area contributed by atoms with Gasteiger partial charge in [-0.25, -0.2) is 4.98 Å². The van der Waals surface area contributed by atoms with Crippen LogP contribution in [0.5, 0.6) is 0 Å². The van der Waals surface area contributed by atoms with Crippen LogP contribution in [0.15, 0.2) is 17.0 Å². The van der Waals surface area contributed by atoms with Crippen molar-refractivity contribution in [2.45, 2.75) is 25.4 Å². The van der Waals surface area contributed by atoms with Crippen LogP contribution in [-0.4, -0.2) is 36.1 Å². The second-order valence-corrected chi connectivity index (χ2v) is 3.93. The quantitative estimate of drug-likeness (QED) is 0.731. The summed E-state index contributed by atoms with van der Waals surface area (Å²) >= 11 is 0. The summed E-state index contributed by atoms with van der Waals surface area (Å²) in [6.07, 6.45) is 5.95. The van der Waals surface area contributed by atoms with E-state index < -0.39 is 0 Å². The summed E-state index contributed by atoms with van der Waals surface area (Å²) in [6, 6.07) is 0.800. The van der Waals surface area contributed by atoms with Gasteiger partial charge in [-0.05, 0) is 19.9 Å². The highest BCUT2D eigenvalue weighted by Gasteiger charge is 2.19. The van der Waals surface area contributed by atoms with Crippen molar-refractivity contribution in [3.8, 4) is 0 Å². The summed E-state index contributed by atoms with van der Waals surface area (Å²) in [4.78, 5) is 6.12. The van der Waals surface area contributed by atoms with Gasteiger partial charge in [0, 0.05) is 19.1 Å².